The summed E-state index contributed by atoms with van der Waals surface area (Å²) in [7, 11) is 1.61. The second kappa shape index (κ2) is 10.8. The van der Waals surface area contributed by atoms with Crippen LogP contribution in [0.25, 0.3) is 11.1 Å². The van der Waals surface area contributed by atoms with Crippen molar-refractivity contribution in [1.82, 2.24) is 9.88 Å². The molecule has 2 fully saturated rings. The number of alkyl halides is 1. The molecular formula is C26H34ClN5O3. The number of halogens is 1. The van der Waals surface area contributed by atoms with E-state index in [0.717, 1.165) is 35.5 Å². The number of carbonyl (C=O) groups is 2. The number of nitrogens with one attached hydrogen (secondary N) is 1. The lowest BCUT2D eigenvalue weighted by atomic mass is 9.99. The third kappa shape index (κ3) is 5.87. The molecule has 2 atom stereocenters. The van der Waals surface area contributed by atoms with E-state index in [-0.39, 0.29) is 17.9 Å². The Bertz CT molecular complexity index is 1090. The summed E-state index contributed by atoms with van der Waals surface area (Å²) in [5.74, 6) is 1.06. The maximum Gasteiger partial charge on any atom is 0.242 e. The monoisotopic (exact) mass is 499 g/mol. The number of benzene rings is 1. The Labute approximate surface area is 211 Å². The van der Waals surface area contributed by atoms with E-state index >= 15 is 0 Å². The van der Waals surface area contributed by atoms with E-state index in [0.29, 0.717) is 50.0 Å². The van der Waals surface area contributed by atoms with Gasteiger partial charge >= 0.3 is 0 Å². The van der Waals surface area contributed by atoms with Crippen molar-refractivity contribution in [3.8, 4) is 11.1 Å². The van der Waals surface area contributed by atoms with Gasteiger partial charge in [-0.1, -0.05) is 12.1 Å². The van der Waals surface area contributed by atoms with Crippen molar-refractivity contribution in [1.29, 1.82) is 0 Å². The molecule has 0 radical (unpaired) electrons. The summed E-state index contributed by atoms with van der Waals surface area (Å²) in [6.07, 6.45) is 2.59. The van der Waals surface area contributed by atoms with Crippen LogP contribution in [-0.4, -0.2) is 66.5 Å². The largest absolute Gasteiger partial charge is 0.396 e. The van der Waals surface area contributed by atoms with E-state index in [4.69, 9.17) is 27.1 Å². The average molecular weight is 500 g/mol. The molecule has 1 aromatic heterocycles. The highest BCUT2D eigenvalue weighted by molar-refractivity contribution is 6.32. The van der Waals surface area contributed by atoms with Crippen molar-refractivity contribution >= 4 is 40.6 Å². The van der Waals surface area contributed by atoms with Crippen LogP contribution >= 0.6 is 11.6 Å². The first kappa shape index (κ1) is 25.3. The molecule has 2 aliphatic rings. The number of aromatic nitrogens is 1. The van der Waals surface area contributed by atoms with E-state index in [2.05, 4.69) is 17.1 Å². The molecule has 3 N–H and O–H groups in total. The number of amides is 2. The van der Waals surface area contributed by atoms with Gasteiger partial charge in [0.25, 0.3) is 0 Å². The number of methoxy groups -OCH3 is 1. The van der Waals surface area contributed by atoms with Crippen molar-refractivity contribution in [3.63, 3.8) is 0 Å². The zero-order chi connectivity index (χ0) is 25.1. The Morgan fingerprint density at radius 1 is 1.29 bits per heavy atom. The fraction of sp³-hybridized carbons (Fsp3) is 0.500. The molecule has 2 amide bonds. The van der Waals surface area contributed by atoms with Crippen molar-refractivity contribution in [3.05, 3.63) is 36.0 Å². The van der Waals surface area contributed by atoms with Crippen molar-refractivity contribution < 1.29 is 14.3 Å². The molecule has 1 aliphatic carbocycles. The van der Waals surface area contributed by atoms with Crippen LogP contribution in [0, 0.1) is 0 Å². The Morgan fingerprint density at radius 3 is 2.71 bits per heavy atom. The molecule has 188 valence electrons. The van der Waals surface area contributed by atoms with E-state index in [1.54, 1.807) is 14.0 Å². The van der Waals surface area contributed by atoms with Crippen LogP contribution in [0.5, 0.6) is 0 Å². The topological polar surface area (TPSA) is 101 Å². The Kier molecular flexibility index (Phi) is 7.82. The van der Waals surface area contributed by atoms with Crippen LogP contribution in [0.15, 0.2) is 30.3 Å². The van der Waals surface area contributed by atoms with E-state index < -0.39 is 5.38 Å². The maximum atomic E-state index is 12.5. The van der Waals surface area contributed by atoms with Crippen LogP contribution in [-0.2, 0) is 14.3 Å². The van der Waals surface area contributed by atoms with Gasteiger partial charge in [0, 0.05) is 50.0 Å². The highest BCUT2D eigenvalue weighted by Gasteiger charge is 2.32. The minimum Gasteiger partial charge on any atom is -0.396 e. The van der Waals surface area contributed by atoms with Gasteiger partial charge in [0.2, 0.25) is 11.8 Å². The van der Waals surface area contributed by atoms with Gasteiger partial charge in [0.1, 0.15) is 5.38 Å². The number of anilines is 3. The van der Waals surface area contributed by atoms with E-state index in [1.165, 1.54) is 0 Å². The number of carbonyl (C=O) groups excluding carboxylic acids is 2. The normalized spacial score (nSPS) is 18.9. The van der Waals surface area contributed by atoms with Gasteiger partial charge in [-0.3, -0.25) is 9.59 Å². The summed E-state index contributed by atoms with van der Waals surface area (Å²) in [5, 5.41) is 2.24. The van der Waals surface area contributed by atoms with Crippen LogP contribution < -0.4 is 16.0 Å². The van der Waals surface area contributed by atoms with Gasteiger partial charge in [-0.2, -0.15) is 0 Å². The molecule has 0 unspecified atom stereocenters. The Balaban J connectivity index is 1.58. The van der Waals surface area contributed by atoms with E-state index in [1.807, 2.05) is 35.2 Å². The first-order valence-corrected chi connectivity index (χ1v) is 12.6. The van der Waals surface area contributed by atoms with Gasteiger partial charge < -0.3 is 25.6 Å². The molecule has 35 heavy (non-hydrogen) atoms. The summed E-state index contributed by atoms with van der Waals surface area (Å²) in [6, 6.07) is 9.76. The van der Waals surface area contributed by atoms with Crippen LogP contribution in [0.3, 0.4) is 0 Å². The molecule has 9 heteroatoms. The van der Waals surface area contributed by atoms with Crippen molar-refractivity contribution in [2.24, 2.45) is 0 Å². The zero-order valence-electron chi connectivity index (χ0n) is 20.6. The van der Waals surface area contributed by atoms with E-state index in [9.17, 15) is 9.59 Å². The highest BCUT2D eigenvalue weighted by atomic mass is 35.5. The SMILES string of the molecule is COCCC(=O)N1CCN(c2nc(C3CC3)c(-c3cccc(NC(=O)[C@H](C)Cl)c3)cc2N)C[C@H]1C. The second-order valence-corrected chi connectivity index (χ2v) is 10.1. The number of piperazine rings is 1. The summed E-state index contributed by atoms with van der Waals surface area (Å²) >= 11 is 5.91. The molecule has 0 spiro atoms. The summed E-state index contributed by atoms with van der Waals surface area (Å²) < 4.78 is 5.06. The zero-order valence-corrected chi connectivity index (χ0v) is 21.3. The molecule has 1 aliphatic heterocycles. The number of nitrogens with two attached hydrogens (primary N) is 1. The predicted molar refractivity (Wildman–Crippen MR) is 140 cm³/mol. The fourth-order valence-electron chi connectivity index (χ4n) is 4.55. The van der Waals surface area contributed by atoms with Gasteiger partial charge in [-0.15, -0.1) is 11.6 Å². The smallest absolute Gasteiger partial charge is 0.242 e. The third-order valence-electron chi connectivity index (χ3n) is 6.59. The average Bonchev–Trinajstić information content (AvgIpc) is 3.68. The molecule has 8 nitrogen and oxygen atoms in total. The maximum absolute atomic E-state index is 12.5. The summed E-state index contributed by atoms with van der Waals surface area (Å²) in [5.41, 5.74) is 10.8. The molecular weight excluding hydrogens is 466 g/mol. The minimum atomic E-state index is -0.615. The van der Waals surface area contributed by atoms with Crippen LogP contribution in [0.4, 0.5) is 17.2 Å². The number of rotatable bonds is 8. The van der Waals surface area contributed by atoms with Gasteiger partial charge in [0.05, 0.1) is 24.4 Å². The minimum absolute atomic E-state index is 0.0583. The first-order valence-electron chi connectivity index (χ1n) is 12.2. The van der Waals surface area contributed by atoms with Gasteiger partial charge in [-0.25, -0.2) is 4.98 Å². The molecule has 4 rings (SSSR count). The Morgan fingerprint density at radius 2 is 2.06 bits per heavy atom. The predicted octanol–water partition coefficient (Wildman–Crippen LogP) is 3.85. The number of hydrogen-bond donors (Lipinski definition) is 2. The number of pyridine rings is 1. The van der Waals surface area contributed by atoms with Gasteiger partial charge in [0.15, 0.2) is 5.82 Å². The molecule has 1 saturated carbocycles. The molecule has 2 aromatic rings. The Hall–Kier alpha value is -2.84. The number of nitrogens with zero attached hydrogens (tertiary/aromatic N) is 3. The third-order valence-corrected chi connectivity index (χ3v) is 6.79. The lowest BCUT2D eigenvalue weighted by molar-refractivity contribution is -0.134. The van der Waals surface area contributed by atoms with Crippen molar-refractivity contribution in [2.45, 2.75) is 50.4 Å². The number of ether oxygens (including phenoxy) is 1. The highest BCUT2D eigenvalue weighted by Crippen LogP contribution is 2.45. The number of hydrogen-bond acceptors (Lipinski definition) is 6. The quantitative estimate of drug-likeness (QED) is 0.535. The van der Waals surface area contributed by atoms with Gasteiger partial charge in [-0.05, 0) is 50.5 Å². The number of nitrogen functional groups attached to an aromatic ring is 1. The summed E-state index contributed by atoms with van der Waals surface area (Å²) in [4.78, 5) is 33.8. The molecule has 1 aromatic carbocycles. The standard InChI is InChI=1S/C26H34ClN5O3/c1-16-15-31(10-11-32(16)23(33)9-12-35-3)25-22(28)14-21(24(30-25)18-7-8-18)19-5-4-6-20(13-19)29-26(34)17(2)27/h4-6,13-14,16-18H,7-12,15,28H2,1-3H3,(H,29,34)/t16-,17+/m1/s1. The molecule has 2 heterocycles. The van der Waals surface area contributed by atoms with Crippen LogP contribution in [0.2, 0.25) is 0 Å². The first-order chi connectivity index (χ1) is 16.8. The molecule has 1 saturated heterocycles. The fourth-order valence-corrected chi connectivity index (χ4v) is 4.60. The second-order valence-electron chi connectivity index (χ2n) is 9.42. The van der Waals surface area contributed by atoms with Crippen molar-refractivity contribution in [2.75, 3.05) is 49.3 Å². The molecule has 0 bridgehead atoms. The lowest BCUT2D eigenvalue weighted by Crippen LogP contribution is -2.54. The summed E-state index contributed by atoms with van der Waals surface area (Å²) in [6.45, 7) is 6.13. The van der Waals surface area contributed by atoms with Crippen LogP contribution in [0.1, 0.15) is 44.7 Å². The lowest BCUT2D eigenvalue weighted by Gasteiger charge is -2.41.